The Hall–Kier alpha value is -6.18. The minimum atomic E-state index is -0.600. The van der Waals surface area contributed by atoms with Gasteiger partial charge < -0.3 is 35.3 Å². The van der Waals surface area contributed by atoms with Crippen molar-refractivity contribution in [1.29, 1.82) is 0 Å². The fraction of sp³-hybridized carbons (Fsp3) is 0.308. The molecule has 6 rings (SSSR count). The number of imidazole rings is 1. The molecule has 0 unspecified atom stereocenters. The maximum absolute atomic E-state index is 11.1. The van der Waals surface area contributed by atoms with Crippen LogP contribution in [0.4, 0.5) is 27.2 Å². The third kappa shape index (κ3) is 17.0. The molecule has 347 valence electrons. The summed E-state index contributed by atoms with van der Waals surface area (Å²) in [7, 11) is 3.95. The van der Waals surface area contributed by atoms with Crippen molar-refractivity contribution < 1.29 is 51.0 Å². The van der Waals surface area contributed by atoms with Crippen LogP contribution in [-0.2, 0) is 40.5 Å². The summed E-state index contributed by atoms with van der Waals surface area (Å²) in [5.74, 6) is 0.430. The maximum Gasteiger partial charge on any atom is 0.319 e. The van der Waals surface area contributed by atoms with Crippen LogP contribution in [0.2, 0.25) is 0 Å². The Morgan fingerprint density at radius 1 is 0.769 bits per heavy atom. The van der Waals surface area contributed by atoms with Gasteiger partial charge in [-0.25, -0.2) is 9.13 Å². The average molecular weight is 1010 g/mol. The van der Waals surface area contributed by atoms with Crippen molar-refractivity contribution in [2.45, 2.75) is 40.5 Å². The quantitative estimate of drug-likeness (QED) is 0.0444. The molecule has 2 aliphatic rings. The molecule has 1 radical (unpaired) electrons. The van der Waals surface area contributed by atoms with Crippen molar-refractivity contribution in [3.05, 3.63) is 125 Å². The zero-order valence-corrected chi connectivity index (χ0v) is 39.7. The van der Waals surface area contributed by atoms with Crippen LogP contribution in [-0.4, -0.2) is 60.7 Å². The van der Waals surface area contributed by atoms with Gasteiger partial charge >= 0.3 is 10.0 Å². The fourth-order valence-corrected chi connectivity index (χ4v) is 6.39. The molecule has 26 heteroatoms. The molecule has 0 fully saturated rings. The number of carbonyl (C=O) groups is 2. The first kappa shape index (κ1) is 53.2. The summed E-state index contributed by atoms with van der Waals surface area (Å²) >= 11 is 12.6. The number of carbonyl (C=O) groups excluding carboxylic acids is 2. The van der Waals surface area contributed by atoms with Gasteiger partial charge in [0.2, 0.25) is 17.9 Å². The Kier molecular flexibility index (Phi) is 20.7. The molecule has 0 bridgehead atoms. The number of allylic oxidation sites excluding steroid dienone is 6. The smallest absolute Gasteiger partial charge is 0.319 e. The zero-order chi connectivity index (χ0) is 47.1. The van der Waals surface area contributed by atoms with E-state index in [0.29, 0.717) is 0 Å². The van der Waals surface area contributed by atoms with E-state index in [1.54, 1.807) is 0 Å². The van der Waals surface area contributed by atoms with Crippen LogP contribution in [0.5, 0.6) is 0 Å². The van der Waals surface area contributed by atoms with E-state index in [1.807, 2.05) is 35.8 Å². The number of thiazole rings is 2. The number of aromatic nitrogens is 4. The Bertz CT molecular complexity index is 2590. The standard InChI is InChI=1S/C21H34N5.2C9H5ClN4O4S.Co/c1-17(2)11-13-26(14-12-18(3)4)20-9-7-19(8-10-20)22-23-21-15-24(5)16-25(21)6;2*10-4-1-5(7(16)2-6(4)15)12-13-9-11-3-8(19-9)14(17)18;/h7-10,15-18H,11-14H2,1-6H3;2*1-3H,(H2,11,13,15,16);/q+1;;;/p-2. The number of nitrogens with zero attached hydrogens (tertiary/aromatic N) is 13. The van der Waals surface area contributed by atoms with Crippen molar-refractivity contribution in [3.63, 3.8) is 0 Å². The second-order valence-electron chi connectivity index (χ2n) is 14.4. The number of hydrogen-bond acceptors (Lipinski definition) is 17. The van der Waals surface area contributed by atoms with Gasteiger partial charge in [0.05, 0.1) is 39.7 Å². The third-order valence-electron chi connectivity index (χ3n) is 8.34. The number of rotatable bonds is 13. The predicted octanol–water partition coefficient (Wildman–Crippen LogP) is 7.20. The molecule has 0 amide bonds. The summed E-state index contributed by atoms with van der Waals surface area (Å²) in [6.45, 7) is 11.3. The third-order valence-corrected chi connectivity index (χ3v) is 10.6. The van der Waals surface area contributed by atoms with Gasteiger partial charge in [-0.3, -0.25) is 40.0 Å². The first-order chi connectivity index (χ1) is 30.3. The first-order valence-corrected chi connectivity index (χ1v) is 21.4. The van der Waals surface area contributed by atoms with Crippen molar-refractivity contribution in [1.82, 2.24) is 14.5 Å². The van der Waals surface area contributed by atoms with Gasteiger partial charge in [0.25, 0.3) is 5.82 Å². The summed E-state index contributed by atoms with van der Waals surface area (Å²) in [5, 5.41) is 62.4. The average Bonchev–Trinajstić information content (AvgIpc) is 4.00. The molecule has 21 nitrogen and oxygen atoms in total. The molecule has 3 aromatic heterocycles. The van der Waals surface area contributed by atoms with Gasteiger partial charge in [-0.15, -0.1) is 10.2 Å². The summed E-state index contributed by atoms with van der Waals surface area (Å²) in [6, 6.07) is 8.44. The Balaban J connectivity index is 0.000000262. The van der Waals surface area contributed by atoms with E-state index < -0.39 is 21.4 Å². The van der Waals surface area contributed by atoms with E-state index in [9.17, 15) is 40.0 Å². The van der Waals surface area contributed by atoms with Gasteiger partial charge in [-0.1, -0.05) is 73.6 Å². The number of aliphatic hydroxyl groups excluding tert-OH is 2. The molecule has 0 atom stereocenters. The van der Waals surface area contributed by atoms with E-state index in [1.165, 1.54) is 18.5 Å². The van der Waals surface area contributed by atoms with Crippen LogP contribution < -0.4 is 29.0 Å². The zero-order valence-electron chi connectivity index (χ0n) is 35.5. The van der Waals surface area contributed by atoms with Crippen LogP contribution in [0.1, 0.15) is 40.5 Å². The van der Waals surface area contributed by atoms with Crippen molar-refractivity contribution in [2.24, 2.45) is 56.6 Å². The van der Waals surface area contributed by atoms with Gasteiger partial charge in [0.1, 0.15) is 22.9 Å². The summed E-state index contributed by atoms with van der Waals surface area (Å²) in [4.78, 5) is 51.8. The second-order valence-corrected chi connectivity index (χ2v) is 17.2. The van der Waals surface area contributed by atoms with Crippen molar-refractivity contribution in [2.75, 3.05) is 18.0 Å². The summed E-state index contributed by atoms with van der Waals surface area (Å²) < 4.78 is 3.93. The monoisotopic (exact) mass is 1010 g/mol. The molecule has 2 N–H and O–H groups in total. The van der Waals surface area contributed by atoms with E-state index in [2.05, 4.69) is 97.5 Å². The molecule has 4 aromatic rings. The van der Waals surface area contributed by atoms with Gasteiger partial charge in [-0.2, -0.15) is 0 Å². The topological polar surface area (TPSA) is 275 Å². The summed E-state index contributed by atoms with van der Waals surface area (Å²) in [6.07, 6.45) is 12.5. The second kappa shape index (κ2) is 25.3. The molecule has 0 spiro atoms. The normalized spacial score (nSPS) is 15.5. The van der Waals surface area contributed by atoms with Gasteiger partial charge in [0, 0.05) is 69.7 Å². The number of aryl methyl sites for hydroxylation is 2. The number of aliphatic hydroxyl groups is 2. The minimum absolute atomic E-state index is 0. The van der Waals surface area contributed by atoms with Crippen LogP contribution in [0.25, 0.3) is 0 Å². The molecule has 0 saturated carbocycles. The molecule has 1 aromatic carbocycles. The van der Waals surface area contributed by atoms with E-state index in [-0.39, 0.29) is 69.4 Å². The molecule has 0 saturated heterocycles. The number of benzene rings is 1. The number of azo groups is 1. The molecular formula is C39H42Cl2CoN13O8S2-. The Morgan fingerprint density at radius 2 is 1.22 bits per heavy atom. The number of hydrogen-bond donors (Lipinski definition) is 2. The Labute approximate surface area is 399 Å². The van der Waals surface area contributed by atoms with E-state index in [0.717, 1.165) is 95.8 Å². The van der Waals surface area contributed by atoms with Crippen LogP contribution in [0, 0.1) is 32.1 Å². The van der Waals surface area contributed by atoms with Crippen molar-refractivity contribution in [3.8, 4) is 0 Å². The van der Waals surface area contributed by atoms with E-state index in [4.69, 9.17) is 23.2 Å². The Morgan fingerprint density at radius 3 is 1.58 bits per heavy atom. The van der Waals surface area contributed by atoms with E-state index >= 15 is 0 Å². The largest absolute Gasteiger partial charge is 0.506 e. The minimum Gasteiger partial charge on any atom is -0.506 e. The first-order valence-electron chi connectivity index (χ1n) is 19.0. The number of ketones is 2. The number of anilines is 1. The van der Waals surface area contributed by atoms with Gasteiger partial charge in [-0.05, 0) is 61.1 Å². The SMILES string of the molecule is CC(C)CCN(CCC(C)C)c1ccc(N=Nc2c[n+](C)cn2C)cc1.O=C1C=C(O)C(=NN=c2[n-]cc([N+](=O)[O-])s2)C=C1Cl.O=C1C=C(O)C(=NN=c2[n-]cc([N+](=O)[O-])s2)C=C1Cl.[Co]. The number of halogens is 2. The molecule has 2 aliphatic carbocycles. The maximum atomic E-state index is 11.1. The van der Waals surface area contributed by atoms with Crippen LogP contribution in [0.3, 0.4) is 0 Å². The summed E-state index contributed by atoms with van der Waals surface area (Å²) in [5.41, 5.74) is 2.10. The van der Waals surface area contributed by atoms with Crippen LogP contribution in [0.15, 0.2) is 126 Å². The van der Waals surface area contributed by atoms with Crippen LogP contribution >= 0.6 is 45.9 Å². The molecule has 65 heavy (non-hydrogen) atoms. The number of nitro groups is 2. The predicted molar refractivity (Wildman–Crippen MR) is 242 cm³/mol. The molecule has 0 aliphatic heterocycles. The molecule has 3 heterocycles. The van der Waals surface area contributed by atoms with Gasteiger partial charge in [0.15, 0.2) is 6.20 Å². The molecular weight excluding hydrogens is 972 g/mol. The fourth-order valence-electron chi connectivity index (χ4n) is 4.96. The van der Waals surface area contributed by atoms with Crippen molar-refractivity contribution >= 4 is 96.1 Å².